The number of hydrogen-bond donors (Lipinski definition) is 0. The van der Waals surface area contributed by atoms with E-state index < -0.39 is 31.5 Å². The van der Waals surface area contributed by atoms with Crippen LogP contribution in [0.15, 0.2) is 60.8 Å². The van der Waals surface area contributed by atoms with E-state index in [-0.39, 0.29) is 5.56 Å². The van der Waals surface area contributed by atoms with Crippen LogP contribution in [-0.4, -0.2) is 27.3 Å². The fraction of sp³-hybridized carbons (Fsp3) is 0.118. The maximum Gasteiger partial charge on any atom is 0.524 e. The van der Waals surface area contributed by atoms with Gasteiger partial charge in [-0.25, -0.2) is 0 Å². The van der Waals surface area contributed by atoms with E-state index in [1.807, 2.05) is 24.3 Å². The molecule has 0 bridgehead atoms. The predicted octanol–water partition coefficient (Wildman–Crippen LogP) is 3.60. The van der Waals surface area contributed by atoms with E-state index in [9.17, 15) is 30.0 Å². The maximum absolute atomic E-state index is 12.3. The first kappa shape index (κ1) is 20.2. The van der Waals surface area contributed by atoms with Crippen LogP contribution in [0.3, 0.4) is 0 Å². The van der Waals surface area contributed by atoms with Gasteiger partial charge < -0.3 is 0 Å². The van der Waals surface area contributed by atoms with Crippen molar-refractivity contribution in [2.75, 3.05) is 0 Å². The van der Waals surface area contributed by atoms with Crippen molar-refractivity contribution in [3.8, 4) is 11.1 Å². The number of fused-ring (bicyclic) bond motifs is 1. The largest absolute Gasteiger partial charge is 0.524 e. The second-order valence-electron chi connectivity index (χ2n) is 5.75. The Morgan fingerprint density at radius 3 is 2.18 bits per heavy atom. The first-order valence-electron chi connectivity index (χ1n) is 7.67. The Bertz CT molecular complexity index is 1220. The minimum Gasteiger partial charge on any atom is -0.256 e. The third-order valence-electron chi connectivity index (χ3n) is 3.72. The van der Waals surface area contributed by atoms with Crippen molar-refractivity contribution in [3.63, 3.8) is 0 Å². The molecule has 11 heteroatoms. The highest BCUT2D eigenvalue weighted by atomic mass is 32.3. The lowest BCUT2D eigenvalue weighted by atomic mass is 10.0. The first-order chi connectivity index (χ1) is 13.0. The Hall–Kier alpha value is -2.50. The van der Waals surface area contributed by atoms with Crippen LogP contribution >= 0.6 is 0 Å². The molecule has 3 rings (SSSR count). The predicted molar refractivity (Wildman–Crippen MR) is 95.9 cm³/mol. The number of hydrogen-bond acceptors (Lipinski definition) is 6. The third-order valence-corrected chi connectivity index (χ3v) is 6.52. The van der Waals surface area contributed by atoms with Gasteiger partial charge in [0.2, 0.25) is 0 Å². The molecule has 0 fully saturated rings. The van der Waals surface area contributed by atoms with Crippen molar-refractivity contribution in [1.82, 2.24) is 4.98 Å². The molecule has 1 heterocycles. The summed E-state index contributed by atoms with van der Waals surface area (Å²) in [6.45, 7) is 0. The highest BCUT2D eigenvalue weighted by Crippen LogP contribution is 2.29. The molecular weight excluding hydrogens is 419 g/mol. The summed E-state index contributed by atoms with van der Waals surface area (Å²) in [5.74, 6) is -1.03. The summed E-state index contributed by atoms with van der Waals surface area (Å²) in [4.78, 5) is 4.31. The monoisotopic (exact) mass is 431 g/mol. The van der Waals surface area contributed by atoms with Crippen molar-refractivity contribution < 1.29 is 33.6 Å². The number of rotatable bonds is 5. The zero-order valence-corrected chi connectivity index (χ0v) is 15.6. The van der Waals surface area contributed by atoms with Gasteiger partial charge in [-0.3, -0.25) is 4.98 Å². The van der Waals surface area contributed by atoms with Gasteiger partial charge in [0.25, 0.3) is 10.1 Å². The highest BCUT2D eigenvalue weighted by Gasteiger charge is 2.50. The summed E-state index contributed by atoms with van der Waals surface area (Å²) >= 11 is 0. The highest BCUT2D eigenvalue weighted by molar-refractivity contribution is 7.99. The number of aromatic nitrogens is 1. The molecule has 0 aliphatic carbocycles. The van der Waals surface area contributed by atoms with Crippen LogP contribution in [0, 0.1) is 0 Å². The molecule has 0 saturated heterocycles. The molecule has 0 aliphatic heterocycles. The summed E-state index contributed by atoms with van der Waals surface area (Å²) < 4.78 is 85.4. The van der Waals surface area contributed by atoms with E-state index in [0.29, 0.717) is 5.56 Å². The molecular formula is C17H12F3NO5S2. The number of pyridine rings is 1. The molecule has 2 aromatic carbocycles. The number of nitrogens with zero attached hydrogens (tertiary/aromatic N) is 1. The average Bonchev–Trinajstić information content (AvgIpc) is 2.60. The number of halogens is 3. The molecule has 0 atom stereocenters. The molecule has 0 radical (unpaired) electrons. The van der Waals surface area contributed by atoms with Gasteiger partial charge in [-0.05, 0) is 17.2 Å². The SMILES string of the molecule is O=S(=O)(Cc1ccc(-c2cccc3cccnc23)cc1)OS(=O)(=O)C(F)(F)F. The van der Waals surface area contributed by atoms with E-state index in [4.69, 9.17) is 0 Å². The van der Waals surface area contributed by atoms with Gasteiger partial charge in [0.15, 0.2) is 0 Å². The van der Waals surface area contributed by atoms with Gasteiger partial charge >= 0.3 is 15.6 Å². The fourth-order valence-corrected chi connectivity index (χ4v) is 4.71. The zero-order chi connectivity index (χ0) is 20.6. The number of para-hydroxylation sites is 1. The summed E-state index contributed by atoms with van der Waals surface area (Å²) in [6, 6.07) is 15.0. The Morgan fingerprint density at radius 1 is 0.893 bits per heavy atom. The van der Waals surface area contributed by atoms with Crippen LogP contribution in [0.4, 0.5) is 13.2 Å². The Morgan fingerprint density at radius 2 is 1.54 bits per heavy atom. The van der Waals surface area contributed by atoms with E-state index in [1.54, 1.807) is 24.4 Å². The summed E-state index contributed by atoms with van der Waals surface area (Å²) in [5, 5.41) is 0.900. The molecule has 0 aliphatic rings. The van der Waals surface area contributed by atoms with Crippen molar-refractivity contribution in [2.45, 2.75) is 11.3 Å². The first-order valence-corrected chi connectivity index (χ1v) is 10.7. The van der Waals surface area contributed by atoms with Crippen molar-refractivity contribution in [3.05, 3.63) is 66.4 Å². The minimum atomic E-state index is -6.25. The normalized spacial score (nSPS) is 13.0. The Labute approximate surface area is 158 Å². The molecule has 3 aromatic rings. The zero-order valence-electron chi connectivity index (χ0n) is 13.9. The van der Waals surface area contributed by atoms with Gasteiger partial charge in [-0.1, -0.05) is 48.5 Å². The molecule has 0 spiro atoms. The van der Waals surface area contributed by atoms with Crippen LogP contribution in [-0.2, 0) is 29.6 Å². The lowest BCUT2D eigenvalue weighted by Crippen LogP contribution is -2.28. The molecule has 0 saturated carbocycles. The van der Waals surface area contributed by atoms with Crippen molar-refractivity contribution >= 4 is 31.1 Å². The average molecular weight is 431 g/mol. The second-order valence-corrected chi connectivity index (χ2v) is 9.07. The van der Waals surface area contributed by atoms with Crippen molar-refractivity contribution in [2.24, 2.45) is 0 Å². The minimum absolute atomic E-state index is 0.0642. The van der Waals surface area contributed by atoms with Crippen LogP contribution < -0.4 is 0 Å². The smallest absolute Gasteiger partial charge is 0.256 e. The Balaban J connectivity index is 1.85. The molecule has 0 unspecified atom stereocenters. The van der Waals surface area contributed by atoms with E-state index >= 15 is 0 Å². The standard InChI is InChI=1S/C17H12F3NO5S2/c18-17(19,20)28(24,25)26-27(22,23)11-12-6-8-13(9-7-12)15-5-1-3-14-4-2-10-21-16(14)15/h1-10H,11H2. The molecule has 148 valence electrons. The summed E-state index contributed by atoms with van der Waals surface area (Å²) in [7, 11) is -11.3. The summed E-state index contributed by atoms with van der Waals surface area (Å²) in [6.07, 6.45) is 1.63. The van der Waals surface area contributed by atoms with E-state index in [1.165, 1.54) is 12.1 Å². The second kappa shape index (κ2) is 7.15. The van der Waals surface area contributed by atoms with Gasteiger partial charge in [-0.2, -0.15) is 30.0 Å². The number of benzene rings is 2. The van der Waals surface area contributed by atoms with E-state index in [0.717, 1.165) is 16.5 Å². The summed E-state index contributed by atoms with van der Waals surface area (Å²) in [5.41, 5.74) is -3.55. The lowest BCUT2D eigenvalue weighted by Gasteiger charge is -2.09. The third kappa shape index (κ3) is 4.32. The van der Waals surface area contributed by atoms with Crippen LogP contribution in [0.2, 0.25) is 0 Å². The molecule has 1 aromatic heterocycles. The number of alkyl halides is 3. The van der Waals surface area contributed by atoms with Crippen molar-refractivity contribution in [1.29, 1.82) is 0 Å². The van der Waals surface area contributed by atoms with Crippen LogP contribution in [0.5, 0.6) is 0 Å². The van der Waals surface area contributed by atoms with Gasteiger partial charge in [0, 0.05) is 17.1 Å². The topological polar surface area (TPSA) is 90.4 Å². The van der Waals surface area contributed by atoms with Gasteiger partial charge in [0.1, 0.15) is 5.75 Å². The Kier molecular flexibility index (Phi) is 5.17. The molecule has 28 heavy (non-hydrogen) atoms. The van der Waals surface area contributed by atoms with Crippen LogP contribution in [0.25, 0.3) is 22.0 Å². The molecule has 0 N–H and O–H groups in total. The fourth-order valence-electron chi connectivity index (χ4n) is 2.52. The maximum atomic E-state index is 12.3. The molecule has 0 amide bonds. The van der Waals surface area contributed by atoms with Gasteiger partial charge in [0.05, 0.1) is 5.52 Å². The van der Waals surface area contributed by atoms with Crippen LogP contribution in [0.1, 0.15) is 5.56 Å². The quantitative estimate of drug-likeness (QED) is 0.574. The van der Waals surface area contributed by atoms with Gasteiger partial charge in [-0.15, -0.1) is 3.63 Å². The van der Waals surface area contributed by atoms with E-state index in [2.05, 4.69) is 8.61 Å². The molecule has 6 nitrogen and oxygen atoms in total. The lowest BCUT2D eigenvalue weighted by molar-refractivity contribution is -0.0498.